The minimum atomic E-state index is 0. The van der Waals surface area contributed by atoms with Crippen LogP contribution >= 0.6 is 0 Å². The zero-order valence-corrected chi connectivity index (χ0v) is 170. The summed E-state index contributed by atoms with van der Waals surface area (Å²) in [5, 5.41) is 0. The van der Waals surface area contributed by atoms with Crippen molar-refractivity contribution in [2.45, 2.75) is 0 Å². The molecule has 0 aliphatic heterocycles. The molecule has 0 aromatic heterocycles. The van der Waals surface area contributed by atoms with Gasteiger partial charge in [-0.25, -0.2) is 0 Å². The molecule has 0 saturated heterocycles. The molecule has 0 aromatic rings. The normalized spacial score (nSPS) is 0. The van der Waals surface area contributed by atoms with E-state index in [4.69, 9.17) is 0 Å². The van der Waals surface area contributed by atoms with Crippen LogP contribution in [0.3, 0.4) is 0 Å². The van der Waals surface area contributed by atoms with E-state index in [1.165, 1.54) is 0 Å². The summed E-state index contributed by atoms with van der Waals surface area (Å²) in [5.41, 5.74) is 0. The van der Waals surface area contributed by atoms with E-state index in [-0.39, 0.29) is 1710 Å². The molecular formula is V92. The fourth-order valence-corrected chi connectivity index (χ4v) is 0. The first-order chi connectivity index (χ1) is 0. The van der Waals surface area contributed by atoms with Gasteiger partial charge in [-0.3, -0.25) is 0 Å². The molecule has 0 nitrogen and oxygen atoms in total. The van der Waals surface area contributed by atoms with Crippen molar-refractivity contribution in [1.82, 2.24) is 0 Å². The molecule has 0 heterocycles. The molecule has 0 bridgehead atoms. The van der Waals surface area contributed by atoms with Gasteiger partial charge in [0.05, 0.1) is 0 Å². The Balaban J connectivity index is 0. The van der Waals surface area contributed by atoms with Crippen LogP contribution in [-0.4, -0.2) is 0 Å². The molecule has 0 aromatic carbocycles. The first kappa shape index (κ1) is 1060. The molecule has 0 aliphatic carbocycles. The predicted octanol–water partition coefficient (Wildman–Crippen LogP) is -0.230. The molecule has 92 heteroatoms. The standard InChI is InChI=1S/92V. The van der Waals surface area contributed by atoms with Crippen molar-refractivity contribution in [3.05, 3.63) is 0 Å². The van der Waals surface area contributed by atoms with Gasteiger partial charge in [0.25, 0.3) is 0 Å². The molecule has 92 radical (unpaired) electrons. The maximum Gasteiger partial charge on any atom is 0 e. The van der Waals surface area contributed by atoms with Crippen LogP contribution in [0.25, 0.3) is 0 Å². The van der Waals surface area contributed by atoms with E-state index in [1.54, 1.807) is 0 Å². The summed E-state index contributed by atoms with van der Waals surface area (Å²) in [6, 6.07) is 0. The largest absolute Gasteiger partial charge is 0 e. The van der Waals surface area contributed by atoms with Crippen molar-refractivity contribution in [1.29, 1.82) is 0 Å². The van der Waals surface area contributed by atoms with Gasteiger partial charge in [0.15, 0.2) is 0 Å². The summed E-state index contributed by atoms with van der Waals surface area (Å²) in [6.45, 7) is 0. The van der Waals surface area contributed by atoms with Crippen molar-refractivity contribution in [2.75, 3.05) is 0 Å². The number of hydrogen-bond donors (Lipinski definition) is 0. The molecule has 0 rings (SSSR count). The monoisotopic (exact) mass is 4690 g/mol. The summed E-state index contributed by atoms with van der Waals surface area (Å²) < 4.78 is 0. The second kappa shape index (κ2) is 1040. The SMILES string of the molecule is [V].[V].[V].[V].[V].[V].[V].[V].[V].[V].[V].[V].[V].[V].[V].[V].[V].[V].[V].[V].[V].[V].[V].[V].[V].[V].[V].[V].[V].[V].[V].[V].[V].[V].[V].[V].[V].[V].[V].[V].[V].[V].[V].[V].[V].[V].[V].[V].[V].[V].[V].[V].[V].[V].[V].[V].[V].[V].[V].[V].[V].[V].[V].[V].[V].[V].[V].[V].[V].[V].[V].[V].[V].[V].[V].[V].[V].[V].[V].[V].[V].[V].[V].[V].[V].[V].[V].[V].[V].[V].[V].[V]. The second-order valence-electron chi connectivity index (χ2n) is 0. The third-order valence-corrected chi connectivity index (χ3v) is 0. The van der Waals surface area contributed by atoms with Crippen LogP contribution in [0.1, 0.15) is 0 Å². The fraction of sp³-hybridized carbons (Fsp3) is 0. The Kier molecular flexibility index (Phi) is 11900. The van der Waals surface area contributed by atoms with Gasteiger partial charge in [0.1, 0.15) is 0 Å². The zero-order valence-electron chi connectivity index (χ0n) is 41.1. The fourth-order valence-electron chi connectivity index (χ4n) is 0. The molecule has 0 N–H and O–H groups in total. The minimum Gasteiger partial charge on any atom is 0 e. The molecule has 0 aliphatic rings. The minimum absolute atomic E-state index is 0. The predicted molar refractivity (Wildman–Crippen MR) is 0 cm³/mol. The Morgan fingerprint density at radius 3 is 0.0109 bits per heavy atom. The van der Waals surface area contributed by atoms with Crippen LogP contribution in [0.5, 0.6) is 0 Å². The van der Waals surface area contributed by atoms with Gasteiger partial charge >= 0.3 is 0 Å². The number of rotatable bonds is 0. The van der Waals surface area contributed by atoms with Crippen molar-refractivity contribution in [3.8, 4) is 0 Å². The average molecular weight is 4690 g/mol. The van der Waals surface area contributed by atoms with Crippen LogP contribution in [-0.2, 0) is 1710 Å². The van der Waals surface area contributed by atoms with Crippen molar-refractivity contribution in [3.63, 3.8) is 0 Å². The van der Waals surface area contributed by atoms with Gasteiger partial charge in [-0.15, -0.1) is 0 Å². The second-order valence-corrected chi connectivity index (χ2v) is 0. The molecular weight excluding hydrogens is 4690 g/mol. The zero-order chi connectivity index (χ0) is 0. The summed E-state index contributed by atoms with van der Waals surface area (Å²) >= 11 is 0. The van der Waals surface area contributed by atoms with E-state index in [0.29, 0.717) is 0 Å². The Hall–Kier alpha value is 53.8. The van der Waals surface area contributed by atoms with Crippen molar-refractivity contribution in [2.24, 2.45) is 0 Å². The molecule has 0 amide bonds. The van der Waals surface area contributed by atoms with Crippen LogP contribution in [0, 0.1) is 0 Å². The summed E-state index contributed by atoms with van der Waals surface area (Å²) in [7, 11) is 0. The van der Waals surface area contributed by atoms with E-state index in [1.807, 2.05) is 0 Å². The summed E-state index contributed by atoms with van der Waals surface area (Å²) in [6.07, 6.45) is 0. The van der Waals surface area contributed by atoms with Gasteiger partial charge in [-0.2, -0.15) is 0 Å². The van der Waals surface area contributed by atoms with Gasteiger partial charge in [0, 0.05) is 1710 Å². The first-order valence-corrected chi connectivity index (χ1v) is 0. The number of hydrogen-bond acceptors (Lipinski definition) is 0. The van der Waals surface area contributed by atoms with Gasteiger partial charge in [0.2, 0.25) is 0 Å². The van der Waals surface area contributed by atoms with E-state index >= 15 is 0 Å². The topological polar surface area (TPSA) is 0 Å². The van der Waals surface area contributed by atoms with E-state index in [0.717, 1.165) is 0 Å². The van der Waals surface area contributed by atoms with Crippen LogP contribution in [0.2, 0.25) is 0 Å². The van der Waals surface area contributed by atoms with Crippen molar-refractivity contribution < 1.29 is 1710 Å². The Bertz CT molecular complexity index is 0. The molecule has 0 fully saturated rings. The van der Waals surface area contributed by atoms with Crippen LogP contribution < -0.4 is 0 Å². The maximum absolute atomic E-state index is 0. The third kappa shape index (κ3) is 1010. The smallest absolute Gasteiger partial charge is 0 e. The van der Waals surface area contributed by atoms with Crippen molar-refractivity contribution >= 4 is 0 Å². The third-order valence-electron chi connectivity index (χ3n) is 0. The first-order valence-electron chi connectivity index (χ1n) is 0. The van der Waals surface area contributed by atoms with Gasteiger partial charge in [-0.05, 0) is 0 Å². The maximum atomic E-state index is 0. The summed E-state index contributed by atoms with van der Waals surface area (Å²) in [5.74, 6) is 0. The molecule has 0 spiro atoms. The quantitative estimate of drug-likeness (QED) is 0.315. The average Bonchev–Trinajstić information content (AvgIpc) is 0. The van der Waals surface area contributed by atoms with Gasteiger partial charge in [-0.1, -0.05) is 0 Å². The Labute approximate surface area is 1660 Å². The van der Waals surface area contributed by atoms with E-state index in [2.05, 4.69) is 0 Å². The Morgan fingerprint density at radius 1 is 0.0109 bits per heavy atom. The molecule has 0 atom stereocenters. The summed E-state index contributed by atoms with van der Waals surface area (Å²) in [4.78, 5) is 0. The van der Waals surface area contributed by atoms with Crippen LogP contribution in [0.15, 0.2) is 0 Å². The molecule has 0 saturated carbocycles. The van der Waals surface area contributed by atoms with Crippen LogP contribution in [0.4, 0.5) is 0 Å². The molecule has 0 unspecified atom stereocenters. The van der Waals surface area contributed by atoms with E-state index in [9.17, 15) is 0 Å². The van der Waals surface area contributed by atoms with Gasteiger partial charge < -0.3 is 0 Å². The molecule has 92 heavy (non-hydrogen) atoms. The Morgan fingerprint density at radius 2 is 0.0109 bits per heavy atom. The molecule has 460 valence electrons. The van der Waals surface area contributed by atoms with E-state index < -0.39 is 0 Å².